The lowest BCUT2D eigenvalue weighted by atomic mass is 10.3. The second kappa shape index (κ2) is 7.80. The number of hydrogen-bond acceptors (Lipinski definition) is 7. The van der Waals surface area contributed by atoms with Crippen LogP contribution in [-0.2, 0) is 18.4 Å². The second-order valence-electron chi connectivity index (χ2n) is 6.01. The predicted octanol–water partition coefficient (Wildman–Crippen LogP) is 2.11. The minimum atomic E-state index is -0.384. The van der Waals surface area contributed by atoms with E-state index in [1.54, 1.807) is 37.5 Å². The predicted molar refractivity (Wildman–Crippen MR) is 108 cm³/mol. The van der Waals surface area contributed by atoms with Gasteiger partial charge in [-0.25, -0.2) is 14.6 Å². The van der Waals surface area contributed by atoms with E-state index in [1.165, 1.54) is 28.0 Å². The zero-order chi connectivity index (χ0) is 20.4. The molecule has 0 atom stereocenters. The summed E-state index contributed by atoms with van der Waals surface area (Å²) < 4.78 is 8.70. The van der Waals surface area contributed by atoms with Gasteiger partial charge < -0.3 is 10.1 Å². The van der Waals surface area contributed by atoms with E-state index in [2.05, 4.69) is 41.3 Å². The van der Waals surface area contributed by atoms with Crippen LogP contribution in [0.15, 0.2) is 58.6 Å². The molecule has 4 rings (SSSR count). The van der Waals surface area contributed by atoms with Gasteiger partial charge in [0.05, 0.1) is 6.20 Å². The number of amides is 1. The number of rotatable bonds is 5. The van der Waals surface area contributed by atoms with Crippen LogP contribution in [-0.4, -0.2) is 35.2 Å². The van der Waals surface area contributed by atoms with Crippen molar-refractivity contribution in [2.45, 2.75) is 6.54 Å². The zero-order valence-electron chi connectivity index (χ0n) is 15.1. The molecule has 0 unspecified atom stereocenters. The van der Waals surface area contributed by atoms with Gasteiger partial charge in [0.2, 0.25) is 11.8 Å². The van der Waals surface area contributed by atoms with Gasteiger partial charge in [-0.2, -0.15) is 5.10 Å². The highest BCUT2D eigenvalue weighted by molar-refractivity contribution is 9.10. The van der Waals surface area contributed by atoms with E-state index in [4.69, 9.17) is 4.74 Å². The lowest BCUT2D eigenvalue weighted by Crippen LogP contribution is -2.28. The van der Waals surface area contributed by atoms with Crippen molar-refractivity contribution in [2.75, 3.05) is 5.32 Å². The second-order valence-corrected chi connectivity index (χ2v) is 6.76. The van der Waals surface area contributed by atoms with Crippen LogP contribution in [0.1, 0.15) is 0 Å². The van der Waals surface area contributed by atoms with E-state index < -0.39 is 0 Å². The third-order valence-corrected chi connectivity index (χ3v) is 4.52. The molecule has 0 spiro atoms. The fourth-order valence-electron chi connectivity index (χ4n) is 2.70. The molecular weight excluding hydrogens is 442 g/mol. The topological polar surface area (TPSA) is 117 Å². The average Bonchev–Trinajstić information content (AvgIpc) is 2.99. The summed E-state index contributed by atoms with van der Waals surface area (Å²) in [5, 5.41) is 7.17. The summed E-state index contributed by atoms with van der Waals surface area (Å²) in [6, 6.07) is 6.82. The maximum Gasteiger partial charge on any atom is 0.266 e. The maximum absolute atomic E-state index is 12.6. The van der Waals surface area contributed by atoms with E-state index in [1.807, 2.05) is 0 Å². The van der Waals surface area contributed by atoms with E-state index >= 15 is 0 Å². The number of anilines is 1. The monoisotopic (exact) mass is 455 g/mol. The summed E-state index contributed by atoms with van der Waals surface area (Å²) >= 11 is 3.25. The molecule has 29 heavy (non-hydrogen) atoms. The molecule has 1 amide bonds. The van der Waals surface area contributed by atoms with Gasteiger partial charge in [0.1, 0.15) is 28.6 Å². The number of carbonyl (C=O) groups is 1. The van der Waals surface area contributed by atoms with Crippen molar-refractivity contribution in [1.29, 1.82) is 0 Å². The molecule has 0 fully saturated rings. The molecule has 0 bridgehead atoms. The third kappa shape index (κ3) is 3.99. The Labute approximate surface area is 172 Å². The van der Waals surface area contributed by atoms with Crippen LogP contribution < -0.4 is 15.6 Å². The minimum absolute atomic E-state index is 0.196. The highest BCUT2D eigenvalue weighted by Gasteiger charge is 2.15. The Morgan fingerprint density at radius 3 is 2.93 bits per heavy atom. The summed E-state index contributed by atoms with van der Waals surface area (Å²) in [6.45, 7) is -0.196. The normalized spacial score (nSPS) is 10.8. The number of nitrogens with zero attached hydrogens (tertiary/aromatic N) is 6. The van der Waals surface area contributed by atoms with Crippen molar-refractivity contribution in [3.8, 4) is 11.6 Å². The molecule has 0 radical (unpaired) electrons. The molecular formula is C18H14BrN7O3. The molecule has 1 N–H and O–H groups in total. The first-order valence-electron chi connectivity index (χ1n) is 8.42. The number of hydrogen-bond donors (Lipinski definition) is 1. The van der Waals surface area contributed by atoms with Gasteiger partial charge in [0, 0.05) is 31.2 Å². The summed E-state index contributed by atoms with van der Waals surface area (Å²) in [7, 11) is 1.69. The Balaban J connectivity index is 1.50. The Morgan fingerprint density at radius 2 is 2.14 bits per heavy atom. The van der Waals surface area contributed by atoms with Gasteiger partial charge in [-0.3, -0.25) is 19.1 Å². The highest BCUT2D eigenvalue weighted by Crippen LogP contribution is 2.22. The van der Waals surface area contributed by atoms with Crippen molar-refractivity contribution in [3.05, 3.63) is 64.1 Å². The van der Waals surface area contributed by atoms with Crippen molar-refractivity contribution >= 4 is 38.6 Å². The fourth-order valence-corrected chi connectivity index (χ4v) is 3.28. The molecule has 1 aromatic carbocycles. The van der Waals surface area contributed by atoms with Gasteiger partial charge in [-0.05, 0) is 28.1 Å². The van der Waals surface area contributed by atoms with Crippen LogP contribution in [0.5, 0.6) is 11.6 Å². The van der Waals surface area contributed by atoms with E-state index in [9.17, 15) is 9.59 Å². The van der Waals surface area contributed by atoms with Crippen LogP contribution >= 0.6 is 15.9 Å². The Hall–Kier alpha value is -3.60. The molecule has 0 aliphatic heterocycles. The van der Waals surface area contributed by atoms with E-state index in [0.717, 1.165) is 0 Å². The molecule has 0 aliphatic carbocycles. The Kier molecular flexibility index (Phi) is 5.04. The lowest BCUT2D eigenvalue weighted by Gasteiger charge is -2.09. The number of ether oxygens (including phenoxy) is 1. The molecule has 0 saturated carbocycles. The van der Waals surface area contributed by atoms with E-state index in [0.29, 0.717) is 33.0 Å². The molecule has 0 aliphatic rings. The largest absolute Gasteiger partial charge is 0.437 e. The summed E-state index contributed by atoms with van der Waals surface area (Å²) in [5.41, 5.74) is 0.596. The number of benzene rings is 1. The average molecular weight is 456 g/mol. The molecule has 0 saturated heterocycles. The molecule has 11 heteroatoms. The third-order valence-electron chi connectivity index (χ3n) is 3.96. The smallest absolute Gasteiger partial charge is 0.266 e. The van der Waals surface area contributed by atoms with Crippen LogP contribution in [0.3, 0.4) is 0 Å². The summed E-state index contributed by atoms with van der Waals surface area (Å²) in [4.78, 5) is 37.2. The van der Waals surface area contributed by atoms with Crippen molar-refractivity contribution in [3.63, 3.8) is 0 Å². The van der Waals surface area contributed by atoms with Gasteiger partial charge >= 0.3 is 0 Å². The first-order valence-corrected chi connectivity index (χ1v) is 9.22. The van der Waals surface area contributed by atoms with Crippen molar-refractivity contribution in [2.24, 2.45) is 7.05 Å². The Morgan fingerprint density at radius 1 is 1.28 bits per heavy atom. The lowest BCUT2D eigenvalue weighted by molar-refractivity contribution is -0.116. The van der Waals surface area contributed by atoms with Gasteiger partial charge in [-0.1, -0.05) is 6.07 Å². The molecule has 4 aromatic rings. The van der Waals surface area contributed by atoms with Crippen LogP contribution in [0, 0.1) is 0 Å². The van der Waals surface area contributed by atoms with Crippen LogP contribution in [0.2, 0.25) is 0 Å². The quantitative estimate of drug-likeness (QED) is 0.489. The summed E-state index contributed by atoms with van der Waals surface area (Å²) in [6.07, 6.45) is 5.87. The number of halogens is 1. The van der Waals surface area contributed by atoms with Crippen LogP contribution in [0.25, 0.3) is 11.0 Å². The number of aryl methyl sites for hydroxylation is 1. The zero-order valence-corrected chi connectivity index (χ0v) is 16.7. The fraction of sp³-hybridized carbons (Fsp3) is 0.111. The summed E-state index contributed by atoms with van der Waals surface area (Å²) in [5.74, 6) is 0.441. The number of nitrogens with one attached hydrogen (secondary N) is 1. The molecule has 3 heterocycles. The number of fused-ring (bicyclic) bond motifs is 1. The molecule has 10 nitrogen and oxygen atoms in total. The standard InChI is InChI=1S/C18H14BrN7O3/c1-25-17-15(16(19)24-25)18(28)26(10-22-17)9-13(27)23-11-3-2-4-12(7-11)29-14-8-20-5-6-21-14/h2-8,10H,9H2,1H3,(H,23,27). The molecule has 3 aromatic heterocycles. The van der Waals surface area contributed by atoms with Crippen molar-refractivity contribution in [1.82, 2.24) is 29.3 Å². The van der Waals surface area contributed by atoms with Gasteiger partial charge in [0.25, 0.3) is 5.56 Å². The Bertz CT molecular complexity index is 1250. The minimum Gasteiger partial charge on any atom is -0.437 e. The first kappa shape index (κ1) is 18.7. The highest BCUT2D eigenvalue weighted by atomic mass is 79.9. The maximum atomic E-state index is 12.6. The SMILES string of the molecule is Cn1nc(Br)c2c(=O)n(CC(=O)Nc3cccc(Oc4cnccn4)c3)cnc21. The number of carbonyl (C=O) groups excluding carboxylic acids is 1. The van der Waals surface area contributed by atoms with Crippen molar-refractivity contribution < 1.29 is 9.53 Å². The van der Waals surface area contributed by atoms with Gasteiger partial charge in [0.15, 0.2) is 5.65 Å². The van der Waals surface area contributed by atoms with Crippen LogP contribution in [0.4, 0.5) is 5.69 Å². The number of aromatic nitrogens is 6. The molecule has 146 valence electrons. The van der Waals surface area contributed by atoms with Gasteiger partial charge in [-0.15, -0.1) is 0 Å². The first-order chi connectivity index (χ1) is 14.0. The van der Waals surface area contributed by atoms with E-state index in [-0.39, 0.29) is 18.0 Å².